The summed E-state index contributed by atoms with van der Waals surface area (Å²) < 4.78 is 30.4. The molecule has 102 valence electrons. The third-order valence-corrected chi connectivity index (χ3v) is 3.97. The molecule has 0 aliphatic rings. The van der Waals surface area contributed by atoms with Crippen molar-refractivity contribution in [3.8, 4) is 0 Å². The lowest BCUT2D eigenvalue weighted by Gasteiger charge is -2.06. The van der Waals surface area contributed by atoms with Crippen LogP contribution in [0.1, 0.15) is 11.3 Å². The van der Waals surface area contributed by atoms with Gasteiger partial charge in [-0.25, -0.2) is 0 Å². The fourth-order valence-corrected chi connectivity index (χ4v) is 2.50. The van der Waals surface area contributed by atoms with E-state index in [0.717, 1.165) is 11.3 Å². The summed E-state index contributed by atoms with van der Waals surface area (Å²) in [6, 6.07) is 8.43. The fourth-order valence-electron chi connectivity index (χ4n) is 1.60. The Morgan fingerprint density at radius 2 is 1.84 bits per heavy atom. The highest BCUT2D eigenvalue weighted by Gasteiger charge is 2.14. The van der Waals surface area contributed by atoms with E-state index < -0.39 is 10.1 Å². The Balaban J connectivity index is 1.96. The van der Waals surface area contributed by atoms with Crippen LogP contribution < -0.4 is 0 Å². The van der Waals surface area contributed by atoms with Crippen LogP contribution in [-0.2, 0) is 20.8 Å². The van der Waals surface area contributed by atoms with Gasteiger partial charge in [0.25, 0.3) is 10.1 Å². The maximum atomic E-state index is 11.9. The van der Waals surface area contributed by atoms with Crippen LogP contribution in [0, 0.1) is 13.8 Å². The van der Waals surface area contributed by atoms with Crippen molar-refractivity contribution in [2.75, 3.05) is 6.61 Å². The minimum atomic E-state index is -3.68. The summed E-state index contributed by atoms with van der Waals surface area (Å²) in [6.45, 7) is 4.24. The lowest BCUT2D eigenvalue weighted by atomic mass is 10.2. The smallest absolute Gasteiger partial charge is 0.270 e. The third kappa shape index (κ3) is 3.65. The minimum absolute atomic E-state index is 0.0668. The molecule has 6 heteroatoms. The van der Waals surface area contributed by atoms with Gasteiger partial charge >= 0.3 is 0 Å². The Morgan fingerprint density at radius 3 is 2.42 bits per heavy atom. The second kappa shape index (κ2) is 5.54. The number of aryl methyl sites for hydroxylation is 2. The zero-order valence-corrected chi connectivity index (χ0v) is 11.7. The summed E-state index contributed by atoms with van der Waals surface area (Å²) in [6.07, 6.45) is 1.79. The summed E-state index contributed by atoms with van der Waals surface area (Å²) in [5.41, 5.74) is 1.90. The maximum Gasteiger partial charge on any atom is 0.297 e. The molecule has 1 heterocycles. The van der Waals surface area contributed by atoms with Crippen molar-refractivity contribution in [1.82, 2.24) is 9.78 Å². The predicted molar refractivity (Wildman–Crippen MR) is 71.3 cm³/mol. The van der Waals surface area contributed by atoms with Gasteiger partial charge in [0.15, 0.2) is 0 Å². The average Bonchev–Trinajstić information content (AvgIpc) is 2.75. The van der Waals surface area contributed by atoms with Crippen LogP contribution in [-0.4, -0.2) is 24.8 Å². The highest BCUT2D eigenvalue weighted by molar-refractivity contribution is 7.86. The molecule has 1 aromatic heterocycles. The van der Waals surface area contributed by atoms with Gasteiger partial charge in [-0.05, 0) is 32.0 Å². The molecular formula is C13H16N2O3S. The van der Waals surface area contributed by atoms with E-state index >= 15 is 0 Å². The van der Waals surface area contributed by atoms with Gasteiger partial charge in [-0.15, -0.1) is 0 Å². The molecule has 0 fully saturated rings. The molecule has 5 nitrogen and oxygen atoms in total. The fraction of sp³-hybridized carbons (Fsp3) is 0.308. The number of aromatic nitrogens is 2. The van der Waals surface area contributed by atoms with Gasteiger partial charge in [-0.2, -0.15) is 13.5 Å². The van der Waals surface area contributed by atoms with Gasteiger partial charge in [-0.3, -0.25) is 8.86 Å². The minimum Gasteiger partial charge on any atom is -0.270 e. The third-order valence-electron chi connectivity index (χ3n) is 2.64. The maximum absolute atomic E-state index is 11.9. The van der Waals surface area contributed by atoms with E-state index in [1.54, 1.807) is 35.1 Å². The molecule has 0 radical (unpaired) electrons. The van der Waals surface area contributed by atoms with E-state index in [0.29, 0.717) is 6.54 Å². The van der Waals surface area contributed by atoms with E-state index in [1.807, 2.05) is 19.9 Å². The first-order valence-electron chi connectivity index (χ1n) is 5.93. The number of hydrogen-bond donors (Lipinski definition) is 0. The molecule has 0 bridgehead atoms. The summed E-state index contributed by atoms with van der Waals surface area (Å²) >= 11 is 0. The van der Waals surface area contributed by atoms with Crippen LogP contribution in [0.15, 0.2) is 41.4 Å². The van der Waals surface area contributed by atoms with Gasteiger partial charge in [0, 0.05) is 6.20 Å². The number of rotatable bonds is 5. The number of nitrogens with zero attached hydrogens (tertiary/aromatic N) is 2. The van der Waals surface area contributed by atoms with Crippen molar-refractivity contribution in [1.29, 1.82) is 0 Å². The van der Waals surface area contributed by atoms with Crippen LogP contribution in [0.5, 0.6) is 0 Å². The monoisotopic (exact) mass is 280 g/mol. The zero-order valence-electron chi connectivity index (χ0n) is 10.9. The molecule has 0 aliphatic carbocycles. The Labute approximate surface area is 113 Å². The summed E-state index contributed by atoms with van der Waals surface area (Å²) in [4.78, 5) is 0.176. The van der Waals surface area contributed by atoms with Crippen LogP contribution in [0.2, 0.25) is 0 Å². The molecule has 0 amide bonds. The van der Waals surface area contributed by atoms with E-state index in [1.165, 1.54) is 0 Å². The largest absolute Gasteiger partial charge is 0.297 e. The van der Waals surface area contributed by atoms with Gasteiger partial charge in [0.2, 0.25) is 0 Å². The summed E-state index contributed by atoms with van der Waals surface area (Å²) in [5.74, 6) is 0. The van der Waals surface area contributed by atoms with Crippen LogP contribution in [0.4, 0.5) is 0 Å². The Kier molecular flexibility index (Phi) is 4.01. The van der Waals surface area contributed by atoms with Crippen LogP contribution in [0.3, 0.4) is 0 Å². The molecule has 19 heavy (non-hydrogen) atoms. The first kappa shape index (κ1) is 13.8. The number of benzene rings is 1. The van der Waals surface area contributed by atoms with Gasteiger partial charge in [0.05, 0.1) is 23.7 Å². The van der Waals surface area contributed by atoms with Crippen molar-refractivity contribution >= 4 is 10.1 Å². The Bertz CT molecular complexity index is 645. The van der Waals surface area contributed by atoms with E-state index in [-0.39, 0.29) is 11.5 Å². The Hall–Kier alpha value is -1.66. The van der Waals surface area contributed by atoms with E-state index in [4.69, 9.17) is 4.18 Å². The molecule has 2 aromatic rings. The molecule has 0 saturated heterocycles. The van der Waals surface area contributed by atoms with Crippen LogP contribution >= 0.6 is 0 Å². The highest BCUT2D eigenvalue weighted by Crippen LogP contribution is 2.13. The van der Waals surface area contributed by atoms with Gasteiger partial charge in [-0.1, -0.05) is 17.7 Å². The molecular weight excluding hydrogens is 264 g/mol. The predicted octanol–water partition coefficient (Wildman–Crippen LogP) is 1.91. The van der Waals surface area contributed by atoms with Crippen molar-refractivity contribution in [3.63, 3.8) is 0 Å². The van der Waals surface area contributed by atoms with E-state index in [2.05, 4.69) is 5.10 Å². The molecule has 0 unspecified atom stereocenters. The standard InChI is InChI=1S/C13H16N2O3S/c1-11-3-5-13(6-4-11)19(16,17)18-10-9-15-8-7-12(2)14-15/h3-8H,9-10H2,1-2H3. The molecule has 2 rings (SSSR count). The normalized spacial score (nSPS) is 11.7. The summed E-state index contributed by atoms with van der Waals surface area (Å²) in [7, 11) is -3.68. The molecule has 0 aliphatic heterocycles. The van der Waals surface area contributed by atoms with E-state index in [9.17, 15) is 8.42 Å². The topological polar surface area (TPSA) is 61.2 Å². The highest BCUT2D eigenvalue weighted by atomic mass is 32.2. The van der Waals surface area contributed by atoms with Crippen LogP contribution in [0.25, 0.3) is 0 Å². The van der Waals surface area contributed by atoms with Crippen molar-refractivity contribution < 1.29 is 12.6 Å². The Morgan fingerprint density at radius 1 is 1.16 bits per heavy atom. The van der Waals surface area contributed by atoms with Crippen molar-refractivity contribution in [3.05, 3.63) is 47.8 Å². The molecule has 0 atom stereocenters. The number of hydrogen-bond acceptors (Lipinski definition) is 4. The van der Waals surface area contributed by atoms with Gasteiger partial charge in [0.1, 0.15) is 0 Å². The van der Waals surface area contributed by atoms with Crippen molar-refractivity contribution in [2.45, 2.75) is 25.3 Å². The molecule has 0 saturated carbocycles. The molecule has 1 aromatic carbocycles. The molecule has 0 spiro atoms. The van der Waals surface area contributed by atoms with Gasteiger partial charge < -0.3 is 0 Å². The zero-order chi connectivity index (χ0) is 13.9. The SMILES string of the molecule is Cc1ccc(S(=O)(=O)OCCn2ccc(C)n2)cc1. The second-order valence-corrected chi connectivity index (χ2v) is 5.92. The summed E-state index contributed by atoms with van der Waals surface area (Å²) in [5, 5.41) is 4.16. The second-order valence-electron chi connectivity index (χ2n) is 4.31. The van der Waals surface area contributed by atoms with Crippen molar-refractivity contribution in [2.24, 2.45) is 0 Å². The lowest BCUT2D eigenvalue weighted by Crippen LogP contribution is -2.12. The lowest BCUT2D eigenvalue weighted by molar-refractivity contribution is 0.294. The molecule has 0 N–H and O–H groups in total. The first-order valence-corrected chi connectivity index (χ1v) is 7.34. The average molecular weight is 280 g/mol. The first-order chi connectivity index (χ1) is 8.97. The quantitative estimate of drug-likeness (QED) is 0.785.